The van der Waals surface area contributed by atoms with Crippen LogP contribution in [-0.2, 0) is 4.74 Å². The first-order chi connectivity index (χ1) is 3.91. The molecule has 48 valence electrons. The Morgan fingerprint density at radius 3 is 2.88 bits per heavy atom. The molecule has 1 N–H and O–H groups in total. The van der Waals surface area contributed by atoms with E-state index in [4.69, 9.17) is 0 Å². The van der Waals surface area contributed by atoms with Crippen molar-refractivity contribution in [1.82, 2.24) is 5.32 Å². The minimum absolute atomic E-state index is 0.893. The summed E-state index contributed by atoms with van der Waals surface area (Å²) in [5.74, 6) is 0. The van der Waals surface area contributed by atoms with E-state index in [9.17, 15) is 0 Å². The molecule has 0 spiro atoms. The van der Waals surface area contributed by atoms with Crippen LogP contribution in [0.15, 0.2) is 12.3 Å². The van der Waals surface area contributed by atoms with Gasteiger partial charge in [0.05, 0.1) is 13.4 Å². The van der Waals surface area contributed by atoms with Gasteiger partial charge in [-0.3, -0.25) is 0 Å². The molecule has 0 unspecified atom stereocenters. The minimum Gasteiger partial charge on any atom is -0.505 e. The largest absolute Gasteiger partial charge is 0.505 e. The van der Waals surface area contributed by atoms with Gasteiger partial charge in [0.2, 0.25) is 0 Å². The third kappa shape index (κ3) is 5.50. The predicted octanol–water partition coefficient (Wildman–Crippen LogP) is 0.756. The Morgan fingerprint density at radius 1 is 1.62 bits per heavy atom. The predicted molar refractivity (Wildman–Crippen MR) is 34.7 cm³/mol. The normalized spacial score (nSPS) is 10.2. The Labute approximate surface area is 50.5 Å². The molecule has 0 aromatic rings. The highest BCUT2D eigenvalue weighted by atomic mass is 16.5. The highest BCUT2D eigenvalue weighted by Gasteiger charge is 1.71. The van der Waals surface area contributed by atoms with Crippen molar-refractivity contribution in [1.29, 1.82) is 0 Å². The first-order valence-electron chi connectivity index (χ1n) is 2.80. The van der Waals surface area contributed by atoms with E-state index in [1.807, 2.05) is 6.08 Å². The van der Waals surface area contributed by atoms with Crippen LogP contribution in [0.5, 0.6) is 0 Å². The molecule has 0 heterocycles. The monoisotopic (exact) mass is 115 g/mol. The Morgan fingerprint density at radius 2 is 2.38 bits per heavy atom. The quantitative estimate of drug-likeness (QED) is 0.431. The minimum atomic E-state index is 0.893. The second-order valence-electron chi connectivity index (χ2n) is 1.42. The molecule has 0 radical (unpaired) electrons. The average molecular weight is 115 g/mol. The van der Waals surface area contributed by atoms with Crippen LogP contribution in [0.25, 0.3) is 0 Å². The molecule has 8 heavy (non-hydrogen) atoms. The van der Waals surface area contributed by atoms with Gasteiger partial charge in [0.25, 0.3) is 0 Å². The number of hydrogen-bond donors (Lipinski definition) is 1. The van der Waals surface area contributed by atoms with E-state index in [-0.39, 0.29) is 0 Å². The van der Waals surface area contributed by atoms with Gasteiger partial charge in [0.1, 0.15) is 0 Å². The third-order valence-corrected chi connectivity index (χ3v) is 0.744. The highest BCUT2D eigenvalue weighted by molar-refractivity contribution is 4.74. The number of ether oxygens (including phenoxy) is 1. The molecule has 0 amide bonds. The van der Waals surface area contributed by atoms with Gasteiger partial charge < -0.3 is 10.1 Å². The van der Waals surface area contributed by atoms with Gasteiger partial charge in [-0.1, -0.05) is 6.92 Å². The standard InChI is InChI=1S/C6H13NO/c1-3-7-5-4-6-8-2/h4,6-7H,3,5H2,1-2H3/b6-4+. The van der Waals surface area contributed by atoms with Gasteiger partial charge in [-0.2, -0.15) is 0 Å². The molecule has 0 atom stereocenters. The SMILES string of the molecule is CCNC/C=C/OC. The lowest BCUT2D eigenvalue weighted by molar-refractivity contribution is 0.336. The van der Waals surface area contributed by atoms with E-state index in [1.54, 1.807) is 13.4 Å². The number of nitrogens with one attached hydrogen (secondary N) is 1. The van der Waals surface area contributed by atoms with E-state index in [1.165, 1.54) is 0 Å². The molecule has 0 rings (SSSR count). The molecule has 0 saturated carbocycles. The zero-order chi connectivity index (χ0) is 6.24. The number of hydrogen-bond acceptors (Lipinski definition) is 2. The van der Waals surface area contributed by atoms with Crippen LogP contribution in [0.1, 0.15) is 6.92 Å². The van der Waals surface area contributed by atoms with E-state index in [0.717, 1.165) is 13.1 Å². The maximum atomic E-state index is 4.67. The van der Waals surface area contributed by atoms with Crippen LogP contribution >= 0.6 is 0 Å². The fourth-order valence-corrected chi connectivity index (χ4v) is 0.372. The van der Waals surface area contributed by atoms with Gasteiger partial charge in [-0.05, 0) is 12.6 Å². The summed E-state index contributed by atoms with van der Waals surface area (Å²) in [6.45, 7) is 3.97. The van der Waals surface area contributed by atoms with Crippen molar-refractivity contribution in [3.05, 3.63) is 12.3 Å². The van der Waals surface area contributed by atoms with Crippen molar-refractivity contribution < 1.29 is 4.74 Å². The number of methoxy groups -OCH3 is 1. The maximum Gasteiger partial charge on any atom is 0.0797 e. The van der Waals surface area contributed by atoms with Crippen LogP contribution in [-0.4, -0.2) is 20.2 Å². The smallest absolute Gasteiger partial charge is 0.0797 e. The number of likely N-dealkylation sites (N-methyl/N-ethyl adjacent to an activating group) is 1. The summed E-state index contributed by atoms with van der Waals surface area (Å²) in [4.78, 5) is 0. The second kappa shape index (κ2) is 6.50. The van der Waals surface area contributed by atoms with Gasteiger partial charge in [-0.15, -0.1) is 0 Å². The summed E-state index contributed by atoms with van der Waals surface area (Å²) < 4.78 is 4.67. The summed E-state index contributed by atoms with van der Waals surface area (Å²) in [6.07, 6.45) is 3.60. The van der Waals surface area contributed by atoms with Crippen LogP contribution in [0.4, 0.5) is 0 Å². The molecular weight excluding hydrogens is 102 g/mol. The lowest BCUT2D eigenvalue weighted by atomic mass is 10.6. The van der Waals surface area contributed by atoms with E-state index < -0.39 is 0 Å². The third-order valence-electron chi connectivity index (χ3n) is 0.744. The van der Waals surface area contributed by atoms with Gasteiger partial charge in [0.15, 0.2) is 0 Å². The van der Waals surface area contributed by atoms with Crippen molar-refractivity contribution >= 4 is 0 Å². The fourth-order valence-electron chi connectivity index (χ4n) is 0.372. The molecule has 0 aromatic heterocycles. The van der Waals surface area contributed by atoms with Crippen molar-refractivity contribution in [2.24, 2.45) is 0 Å². The van der Waals surface area contributed by atoms with Gasteiger partial charge in [0, 0.05) is 6.54 Å². The molecule has 0 aliphatic carbocycles. The fraction of sp³-hybridized carbons (Fsp3) is 0.667. The lowest BCUT2D eigenvalue weighted by Crippen LogP contribution is -2.11. The molecule has 0 aliphatic heterocycles. The van der Waals surface area contributed by atoms with Crippen LogP contribution in [0, 0.1) is 0 Å². The summed E-state index contributed by atoms with van der Waals surface area (Å²) in [6, 6.07) is 0. The van der Waals surface area contributed by atoms with Crippen molar-refractivity contribution in [3.8, 4) is 0 Å². The van der Waals surface area contributed by atoms with E-state index in [0.29, 0.717) is 0 Å². The molecule has 0 aliphatic rings. The Bertz CT molecular complexity index is 61.5. The summed E-state index contributed by atoms with van der Waals surface area (Å²) in [7, 11) is 1.64. The van der Waals surface area contributed by atoms with Gasteiger partial charge >= 0.3 is 0 Å². The topological polar surface area (TPSA) is 21.3 Å². The van der Waals surface area contributed by atoms with Crippen molar-refractivity contribution in [2.75, 3.05) is 20.2 Å². The summed E-state index contributed by atoms with van der Waals surface area (Å²) in [5, 5.41) is 3.12. The van der Waals surface area contributed by atoms with Crippen LogP contribution in [0.3, 0.4) is 0 Å². The Kier molecular flexibility index (Phi) is 6.09. The van der Waals surface area contributed by atoms with E-state index >= 15 is 0 Å². The summed E-state index contributed by atoms with van der Waals surface area (Å²) in [5.41, 5.74) is 0. The Balaban J connectivity index is 2.80. The van der Waals surface area contributed by atoms with Crippen molar-refractivity contribution in [3.63, 3.8) is 0 Å². The first kappa shape index (κ1) is 7.50. The molecule has 0 fully saturated rings. The highest BCUT2D eigenvalue weighted by Crippen LogP contribution is 1.68. The molecule has 2 nitrogen and oxygen atoms in total. The zero-order valence-electron chi connectivity index (χ0n) is 5.48. The maximum absolute atomic E-state index is 4.67. The molecule has 0 saturated heterocycles. The van der Waals surface area contributed by atoms with E-state index in [2.05, 4.69) is 17.0 Å². The first-order valence-corrected chi connectivity index (χ1v) is 2.80. The molecule has 0 bridgehead atoms. The van der Waals surface area contributed by atoms with Gasteiger partial charge in [-0.25, -0.2) is 0 Å². The second-order valence-corrected chi connectivity index (χ2v) is 1.42. The molecule has 2 heteroatoms. The lowest BCUT2D eigenvalue weighted by Gasteiger charge is -1.91. The average Bonchev–Trinajstić information content (AvgIpc) is 1.81. The van der Waals surface area contributed by atoms with Crippen LogP contribution in [0.2, 0.25) is 0 Å². The van der Waals surface area contributed by atoms with Crippen molar-refractivity contribution in [2.45, 2.75) is 6.92 Å². The van der Waals surface area contributed by atoms with Crippen LogP contribution < -0.4 is 5.32 Å². The Hall–Kier alpha value is -0.500. The number of rotatable bonds is 4. The zero-order valence-corrected chi connectivity index (χ0v) is 5.48. The summed E-state index contributed by atoms with van der Waals surface area (Å²) >= 11 is 0. The molecular formula is C6H13NO. The molecule has 0 aromatic carbocycles.